The van der Waals surface area contributed by atoms with Crippen molar-refractivity contribution in [2.24, 2.45) is 17.1 Å². The molecule has 3 N–H and O–H groups in total. The van der Waals surface area contributed by atoms with Gasteiger partial charge in [-0.1, -0.05) is 6.42 Å². The van der Waals surface area contributed by atoms with E-state index in [4.69, 9.17) is 5.73 Å². The molecule has 1 aromatic rings. The molecule has 0 unspecified atom stereocenters. The lowest BCUT2D eigenvalue weighted by atomic mass is 9.81. The Kier molecular flexibility index (Phi) is 3.68. The van der Waals surface area contributed by atoms with Crippen LogP contribution in [-0.4, -0.2) is 42.8 Å². The number of carbonyl (C=O) groups is 2. The van der Waals surface area contributed by atoms with Crippen molar-refractivity contribution in [3.05, 3.63) is 29.8 Å². The molecule has 2 aliphatic rings. The molecule has 1 aromatic carbocycles. The van der Waals surface area contributed by atoms with Crippen LogP contribution in [0.4, 0.5) is 0 Å². The molecule has 1 heterocycles. The third kappa shape index (κ3) is 2.42. The smallest absolute Gasteiger partial charge is 0.311 e. The highest BCUT2D eigenvalue weighted by Gasteiger charge is 2.57. The summed E-state index contributed by atoms with van der Waals surface area (Å²) in [4.78, 5) is 22.8. The summed E-state index contributed by atoms with van der Waals surface area (Å²) in [6.45, 7) is 0.235. The number of rotatable bonds is 4. The van der Waals surface area contributed by atoms with E-state index in [1.165, 1.54) is 28.6 Å². The van der Waals surface area contributed by atoms with Crippen molar-refractivity contribution in [2.75, 3.05) is 13.1 Å². The lowest BCUT2D eigenvalue weighted by molar-refractivity contribution is -0.149. The molecule has 3 rings (SSSR count). The molecule has 1 aliphatic carbocycles. The third-order valence-corrected chi connectivity index (χ3v) is 6.87. The fourth-order valence-electron chi connectivity index (χ4n) is 3.72. The SMILES string of the molecule is NC(=O)c1ccc(S(=O)(=O)N2C[C@@H]3CCC[C@@]3(C(=O)O)C2)cc1. The molecule has 0 aromatic heterocycles. The number of nitrogens with two attached hydrogens (primary N) is 1. The first-order valence-electron chi connectivity index (χ1n) is 7.41. The number of amides is 1. The minimum absolute atomic E-state index is 0.00685. The standard InChI is InChI=1S/C15H18N2O5S/c16-13(18)10-3-5-12(6-4-10)23(21,22)17-8-11-2-1-7-15(11,9-17)14(19)20/h3-6,11H,1-2,7-9H2,(H2,16,18)(H,19,20)/t11-,15+/m0/s1. The summed E-state index contributed by atoms with van der Waals surface area (Å²) < 4.78 is 26.7. The van der Waals surface area contributed by atoms with Gasteiger partial charge < -0.3 is 10.8 Å². The number of hydrogen-bond acceptors (Lipinski definition) is 4. The predicted octanol–water partition coefficient (Wildman–Crippen LogP) is 0.661. The molecule has 1 aliphatic heterocycles. The van der Waals surface area contributed by atoms with Crippen molar-refractivity contribution in [1.82, 2.24) is 4.31 Å². The van der Waals surface area contributed by atoms with Gasteiger partial charge in [0.15, 0.2) is 0 Å². The van der Waals surface area contributed by atoms with Crippen LogP contribution >= 0.6 is 0 Å². The van der Waals surface area contributed by atoms with E-state index in [-0.39, 0.29) is 29.5 Å². The quantitative estimate of drug-likeness (QED) is 0.836. The van der Waals surface area contributed by atoms with Crippen LogP contribution in [0.5, 0.6) is 0 Å². The summed E-state index contributed by atoms with van der Waals surface area (Å²) in [6, 6.07) is 5.38. The number of sulfonamides is 1. The second-order valence-electron chi connectivity index (χ2n) is 6.24. The first kappa shape index (κ1) is 15.9. The number of carboxylic acids is 1. The molecule has 1 saturated carbocycles. The van der Waals surface area contributed by atoms with E-state index in [2.05, 4.69) is 0 Å². The average Bonchev–Trinajstić information content (AvgIpc) is 3.05. The number of aliphatic carboxylic acids is 1. The van der Waals surface area contributed by atoms with Crippen LogP contribution in [0.25, 0.3) is 0 Å². The number of carboxylic acid groups (broad SMARTS) is 1. The van der Waals surface area contributed by atoms with E-state index >= 15 is 0 Å². The Bertz CT molecular complexity index is 759. The number of primary amides is 1. The van der Waals surface area contributed by atoms with Crippen molar-refractivity contribution >= 4 is 21.9 Å². The van der Waals surface area contributed by atoms with Gasteiger partial charge >= 0.3 is 5.97 Å². The van der Waals surface area contributed by atoms with Gasteiger partial charge in [0.05, 0.1) is 10.3 Å². The summed E-state index contributed by atoms with van der Waals surface area (Å²) in [5.41, 5.74) is 4.41. The van der Waals surface area contributed by atoms with Gasteiger partial charge in [0.25, 0.3) is 0 Å². The van der Waals surface area contributed by atoms with E-state index < -0.39 is 27.3 Å². The van der Waals surface area contributed by atoms with E-state index in [1.807, 2.05) is 0 Å². The van der Waals surface area contributed by atoms with Gasteiger partial charge in [-0.05, 0) is 43.0 Å². The van der Waals surface area contributed by atoms with E-state index in [9.17, 15) is 23.1 Å². The van der Waals surface area contributed by atoms with Crippen LogP contribution in [0.1, 0.15) is 29.6 Å². The van der Waals surface area contributed by atoms with Crippen molar-refractivity contribution < 1.29 is 23.1 Å². The van der Waals surface area contributed by atoms with Gasteiger partial charge in [-0.3, -0.25) is 9.59 Å². The minimum atomic E-state index is -3.78. The highest BCUT2D eigenvalue weighted by atomic mass is 32.2. The largest absolute Gasteiger partial charge is 0.481 e. The van der Waals surface area contributed by atoms with E-state index in [1.54, 1.807) is 0 Å². The van der Waals surface area contributed by atoms with Crippen LogP contribution in [0.3, 0.4) is 0 Å². The first-order chi connectivity index (χ1) is 10.8. The van der Waals surface area contributed by atoms with Crippen LogP contribution in [0.2, 0.25) is 0 Å². The van der Waals surface area contributed by atoms with Crippen LogP contribution in [0, 0.1) is 11.3 Å². The van der Waals surface area contributed by atoms with Crippen molar-refractivity contribution in [3.63, 3.8) is 0 Å². The zero-order valence-electron chi connectivity index (χ0n) is 12.4. The van der Waals surface area contributed by atoms with Gasteiger partial charge in [-0.15, -0.1) is 0 Å². The van der Waals surface area contributed by atoms with Crippen molar-refractivity contribution in [3.8, 4) is 0 Å². The van der Waals surface area contributed by atoms with Crippen molar-refractivity contribution in [1.29, 1.82) is 0 Å². The second kappa shape index (κ2) is 5.31. The lowest BCUT2D eigenvalue weighted by Gasteiger charge is -2.23. The Balaban J connectivity index is 1.89. The van der Waals surface area contributed by atoms with E-state index in [0.29, 0.717) is 6.42 Å². The summed E-state index contributed by atoms with van der Waals surface area (Å²) in [7, 11) is -3.78. The maximum atomic E-state index is 12.7. The predicted molar refractivity (Wildman–Crippen MR) is 81.1 cm³/mol. The molecule has 2 atom stereocenters. The number of benzene rings is 1. The summed E-state index contributed by atoms with van der Waals surface area (Å²) in [5.74, 6) is -1.68. The topological polar surface area (TPSA) is 118 Å². The first-order valence-corrected chi connectivity index (χ1v) is 8.85. The fraction of sp³-hybridized carbons (Fsp3) is 0.467. The number of fused-ring (bicyclic) bond motifs is 1. The third-order valence-electron chi connectivity index (χ3n) is 5.04. The Morgan fingerprint density at radius 2 is 1.91 bits per heavy atom. The number of nitrogens with zero attached hydrogens (tertiary/aromatic N) is 1. The molecule has 7 nitrogen and oxygen atoms in total. The van der Waals surface area contributed by atoms with E-state index in [0.717, 1.165) is 12.8 Å². The summed E-state index contributed by atoms with van der Waals surface area (Å²) in [5, 5.41) is 9.55. The normalized spacial score (nSPS) is 27.7. The lowest BCUT2D eigenvalue weighted by Crippen LogP contribution is -2.37. The van der Waals surface area contributed by atoms with Gasteiger partial charge in [0.2, 0.25) is 15.9 Å². The Labute approximate surface area is 134 Å². The zero-order chi connectivity index (χ0) is 16.8. The van der Waals surface area contributed by atoms with Crippen LogP contribution in [0.15, 0.2) is 29.2 Å². The van der Waals surface area contributed by atoms with Gasteiger partial charge in [0, 0.05) is 18.7 Å². The fourth-order valence-corrected chi connectivity index (χ4v) is 5.27. The van der Waals surface area contributed by atoms with Crippen molar-refractivity contribution in [2.45, 2.75) is 24.2 Å². The molecular formula is C15H18N2O5S. The Morgan fingerprint density at radius 3 is 2.43 bits per heavy atom. The van der Waals surface area contributed by atoms with Gasteiger partial charge in [-0.2, -0.15) is 4.31 Å². The molecule has 0 radical (unpaired) electrons. The molecule has 1 amide bonds. The maximum absolute atomic E-state index is 12.7. The Morgan fingerprint density at radius 1 is 1.26 bits per heavy atom. The maximum Gasteiger partial charge on any atom is 0.311 e. The molecular weight excluding hydrogens is 320 g/mol. The second-order valence-corrected chi connectivity index (χ2v) is 8.17. The monoisotopic (exact) mass is 338 g/mol. The molecule has 0 bridgehead atoms. The summed E-state index contributed by atoms with van der Waals surface area (Å²) >= 11 is 0. The summed E-state index contributed by atoms with van der Waals surface area (Å²) in [6.07, 6.45) is 2.07. The van der Waals surface area contributed by atoms with Gasteiger partial charge in [0.1, 0.15) is 0 Å². The van der Waals surface area contributed by atoms with Crippen LogP contribution in [-0.2, 0) is 14.8 Å². The molecule has 23 heavy (non-hydrogen) atoms. The average molecular weight is 338 g/mol. The molecule has 0 spiro atoms. The van der Waals surface area contributed by atoms with Gasteiger partial charge in [-0.25, -0.2) is 8.42 Å². The molecule has 8 heteroatoms. The molecule has 2 fully saturated rings. The highest BCUT2D eigenvalue weighted by Crippen LogP contribution is 2.50. The number of hydrogen-bond donors (Lipinski definition) is 2. The molecule has 1 saturated heterocycles. The highest BCUT2D eigenvalue weighted by molar-refractivity contribution is 7.89. The molecule has 124 valence electrons. The Hall–Kier alpha value is -1.93. The number of carbonyl (C=O) groups excluding carboxylic acids is 1. The zero-order valence-corrected chi connectivity index (χ0v) is 13.3. The van der Waals surface area contributed by atoms with Crippen LogP contribution < -0.4 is 5.73 Å². The minimum Gasteiger partial charge on any atom is -0.481 e.